The predicted octanol–water partition coefficient (Wildman–Crippen LogP) is 0.333. The van der Waals surface area contributed by atoms with Gasteiger partial charge in [-0.3, -0.25) is 4.79 Å². The van der Waals surface area contributed by atoms with Gasteiger partial charge < -0.3 is 11.1 Å². The average molecular weight is 242 g/mol. The Bertz CT molecular complexity index is 374. The summed E-state index contributed by atoms with van der Waals surface area (Å²) < 4.78 is 3.62. The lowest BCUT2D eigenvalue weighted by atomic mass is 10.2. The predicted molar refractivity (Wildman–Crippen MR) is 60.7 cm³/mol. The molecule has 15 heavy (non-hydrogen) atoms. The molecule has 5 nitrogen and oxygen atoms in total. The van der Waals surface area contributed by atoms with Crippen LogP contribution in [-0.4, -0.2) is 26.5 Å². The van der Waals surface area contributed by atoms with Crippen LogP contribution in [0.2, 0.25) is 0 Å². The van der Waals surface area contributed by atoms with Crippen molar-refractivity contribution in [3.8, 4) is 0 Å². The first-order valence-electron chi connectivity index (χ1n) is 4.56. The zero-order chi connectivity index (χ0) is 10.8. The minimum absolute atomic E-state index is 0.186. The number of rotatable bonds is 4. The second-order valence-corrected chi connectivity index (χ2v) is 4.73. The van der Waals surface area contributed by atoms with E-state index >= 15 is 0 Å². The van der Waals surface area contributed by atoms with Crippen LogP contribution in [0.25, 0.3) is 0 Å². The first-order valence-corrected chi connectivity index (χ1v) is 5.74. The Morgan fingerprint density at radius 2 is 2.47 bits per heavy atom. The fraction of sp³-hybridized carbons (Fsp3) is 0.500. The lowest BCUT2D eigenvalue weighted by Gasteiger charge is -2.15. The van der Waals surface area contributed by atoms with E-state index in [2.05, 4.69) is 14.9 Å². The number of carbonyl (C=O) groups is 1. The minimum Gasteiger partial charge on any atom is -0.392 e. The smallest absolute Gasteiger partial charge is 0.265 e. The molecule has 1 saturated carbocycles. The summed E-state index contributed by atoms with van der Waals surface area (Å²) in [6.07, 6.45) is 3.58. The fourth-order valence-electron chi connectivity index (χ4n) is 1.33. The first kappa shape index (κ1) is 10.4. The summed E-state index contributed by atoms with van der Waals surface area (Å²) in [4.78, 5) is 12.5. The molecule has 0 radical (unpaired) electrons. The third kappa shape index (κ3) is 2.48. The van der Waals surface area contributed by atoms with Crippen LogP contribution < -0.4 is 11.1 Å². The molecule has 0 aliphatic heterocycles. The highest BCUT2D eigenvalue weighted by molar-refractivity contribution is 7.80. The highest BCUT2D eigenvalue weighted by atomic mass is 32.1. The van der Waals surface area contributed by atoms with Gasteiger partial charge in [0.1, 0.15) is 4.88 Å². The number of amides is 1. The standard InChI is InChI=1S/C8H10N4OS2/c9-7(14)6(4-1-2-4)11-8(13)5-3-10-12-15-5/h3-4,6H,1-2H2,(H2,9,14)(H,11,13). The van der Waals surface area contributed by atoms with E-state index in [0.717, 1.165) is 24.4 Å². The Morgan fingerprint density at radius 3 is 2.93 bits per heavy atom. The van der Waals surface area contributed by atoms with Crippen molar-refractivity contribution < 1.29 is 4.79 Å². The number of nitrogens with two attached hydrogens (primary N) is 1. The summed E-state index contributed by atoms with van der Waals surface area (Å²) in [6, 6.07) is -0.186. The molecule has 7 heteroatoms. The highest BCUT2D eigenvalue weighted by Crippen LogP contribution is 2.32. The van der Waals surface area contributed by atoms with Crippen LogP contribution in [-0.2, 0) is 0 Å². The van der Waals surface area contributed by atoms with Gasteiger partial charge in [0, 0.05) is 0 Å². The monoisotopic (exact) mass is 242 g/mol. The molecule has 0 saturated heterocycles. The van der Waals surface area contributed by atoms with Crippen LogP contribution in [0.5, 0.6) is 0 Å². The third-order valence-corrected chi connectivity index (χ3v) is 3.19. The zero-order valence-electron chi connectivity index (χ0n) is 7.84. The lowest BCUT2D eigenvalue weighted by Crippen LogP contribution is -2.44. The summed E-state index contributed by atoms with van der Waals surface area (Å²) in [5.41, 5.74) is 5.57. The van der Waals surface area contributed by atoms with E-state index in [1.165, 1.54) is 6.20 Å². The number of nitrogens with zero attached hydrogens (tertiary/aromatic N) is 2. The van der Waals surface area contributed by atoms with E-state index < -0.39 is 0 Å². The molecule has 0 bridgehead atoms. The second kappa shape index (κ2) is 4.19. The van der Waals surface area contributed by atoms with Gasteiger partial charge in [0.05, 0.1) is 17.2 Å². The maximum absolute atomic E-state index is 11.7. The topological polar surface area (TPSA) is 80.9 Å². The molecular weight excluding hydrogens is 232 g/mol. The van der Waals surface area contributed by atoms with Gasteiger partial charge >= 0.3 is 0 Å². The molecule has 80 valence electrons. The number of carbonyl (C=O) groups excluding carboxylic acids is 1. The SMILES string of the molecule is NC(=S)C(NC(=O)c1cnns1)C1CC1. The molecule has 3 N–H and O–H groups in total. The van der Waals surface area contributed by atoms with E-state index in [1.54, 1.807) is 0 Å². The molecule has 0 aromatic carbocycles. The molecule has 1 unspecified atom stereocenters. The van der Waals surface area contributed by atoms with Gasteiger partial charge in [0.2, 0.25) is 0 Å². The molecule has 1 aromatic rings. The lowest BCUT2D eigenvalue weighted by molar-refractivity contribution is 0.0947. The molecule has 1 heterocycles. The van der Waals surface area contributed by atoms with E-state index in [4.69, 9.17) is 18.0 Å². The summed E-state index contributed by atoms with van der Waals surface area (Å²) in [7, 11) is 0. The number of hydrogen-bond acceptors (Lipinski definition) is 5. The van der Waals surface area contributed by atoms with Crippen molar-refractivity contribution >= 4 is 34.6 Å². The molecular formula is C8H10N4OS2. The summed E-state index contributed by atoms with van der Waals surface area (Å²) in [5.74, 6) is 0.210. The highest BCUT2D eigenvalue weighted by Gasteiger charge is 2.34. The van der Waals surface area contributed by atoms with Gasteiger partial charge in [-0.05, 0) is 30.3 Å². The van der Waals surface area contributed by atoms with Gasteiger partial charge in [-0.15, -0.1) is 5.10 Å². The van der Waals surface area contributed by atoms with Crippen LogP contribution in [0.4, 0.5) is 0 Å². The van der Waals surface area contributed by atoms with Crippen molar-refractivity contribution in [2.75, 3.05) is 0 Å². The molecule has 1 aliphatic rings. The number of nitrogens with one attached hydrogen (secondary N) is 1. The molecule has 2 rings (SSSR count). The van der Waals surface area contributed by atoms with Crippen molar-refractivity contribution in [1.82, 2.24) is 14.9 Å². The van der Waals surface area contributed by atoms with Gasteiger partial charge in [-0.25, -0.2) is 0 Å². The summed E-state index contributed by atoms with van der Waals surface area (Å²) in [5, 5.41) is 6.41. The Morgan fingerprint density at radius 1 is 1.73 bits per heavy atom. The van der Waals surface area contributed by atoms with Crippen LogP contribution in [0.3, 0.4) is 0 Å². The fourth-order valence-corrected chi connectivity index (χ4v) is 2.00. The molecule has 1 amide bonds. The Labute approximate surface area is 96.2 Å². The summed E-state index contributed by atoms with van der Waals surface area (Å²) >= 11 is 5.98. The van der Waals surface area contributed by atoms with Crippen molar-refractivity contribution in [3.63, 3.8) is 0 Å². The zero-order valence-corrected chi connectivity index (χ0v) is 9.48. The molecule has 1 aliphatic carbocycles. The maximum Gasteiger partial charge on any atom is 0.265 e. The third-order valence-electron chi connectivity index (χ3n) is 2.27. The Balaban J connectivity index is 2.00. The minimum atomic E-state index is -0.199. The van der Waals surface area contributed by atoms with Crippen LogP contribution >= 0.6 is 23.8 Å². The average Bonchev–Trinajstić information content (AvgIpc) is 2.87. The molecule has 1 fully saturated rings. The summed E-state index contributed by atoms with van der Waals surface area (Å²) in [6.45, 7) is 0. The first-order chi connectivity index (χ1) is 7.18. The van der Waals surface area contributed by atoms with E-state index in [-0.39, 0.29) is 11.9 Å². The van der Waals surface area contributed by atoms with Crippen LogP contribution in [0.15, 0.2) is 6.20 Å². The van der Waals surface area contributed by atoms with Crippen molar-refractivity contribution in [2.45, 2.75) is 18.9 Å². The molecule has 1 atom stereocenters. The Hall–Kier alpha value is -1.08. The van der Waals surface area contributed by atoms with Crippen LogP contribution in [0, 0.1) is 5.92 Å². The largest absolute Gasteiger partial charge is 0.392 e. The van der Waals surface area contributed by atoms with Gasteiger partial charge in [0.25, 0.3) is 5.91 Å². The van der Waals surface area contributed by atoms with Crippen molar-refractivity contribution in [2.24, 2.45) is 11.7 Å². The van der Waals surface area contributed by atoms with E-state index in [0.29, 0.717) is 15.8 Å². The van der Waals surface area contributed by atoms with Gasteiger partial charge in [0.15, 0.2) is 0 Å². The second-order valence-electron chi connectivity index (χ2n) is 3.47. The maximum atomic E-state index is 11.7. The number of hydrogen-bond donors (Lipinski definition) is 2. The Kier molecular flexibility index (Phi) is 2.92. The van der Waals surface area contributed by atoms with E-state index in [1.807, 2.05) is 0 Å². The number of aromatic nitrogens is 2. The molecule has 1 aromatic heterocycles. The van der Waals surface area contributed by atoms with Gasteiger partial charge in [-0.1, -0.05) is 16.7 Å². The van der Waals surface area contributed by atoms with Crippen molar-refractivity contribution in [3.05, 3.63) is 11.1 Å². The van der Waals surface area contributed by atoms with Crippen LogP contribution in [0.1, 0.15) is 22.5 Å². The molecule has 0 spiro atoms. The van der Waals surface area contributed by atoms with Gasteiger partial charge in [-0.2, -0.15) is 0 Å². The number of thiocarbonyl (C=S) groups is 1. The van der Waals surface area contributed by atoms with Crippen molar-refractivity contribution in [1.29, 1.82) is 0 Å². The van der Waals surface area contributed by atoms with E-state index in [9.17, 15) is 4.79 Å². The quantitative estimate of drug-likeness (QED) is 0.744. The normalized spacial score (nSPS) is 17.1.